The van der Waals surface area contributed by atoms with E-state index in [1.54, 1.807) is 0 Å². The minimum Gasteiger partial charge on any atom is -0.299 e. The molecule has 5 rings (SSSR count). The molecule has 0 aromatic carbocycles. The summed E-state index contributed by atoms with van der Waals surface area (Å²) >= 11 is 0. The summed E-state index contributed by atoms with van der Waals surface area (Å²) in [4.78, 5) is 12.7. The van der Waals surface area contributed by atoms with Crippen LogP contribution in [0.2, 0.25) is 0 Å². The van der Waals surface area contributed by atoms with Crippen LogP contribution in [0.3, 0.4) is 0 Å². The van der Waals surface area contributed by atoms with E-state index in [0.29, 0.717) is 27.4 Å². The van der Waals surface area contributed by atoms with Gasteiger partial charge in [0.25, 0.3) is 0 Å². The Morgan fingerprint density at radius 3 is 1.87 bits per heavy atom. The van der Waals surface area contributed by atoms with Crippen LogP contribution in [0.1, 0.15) is 120 Å². The van der Waals surface area contributed by atoms with Gasteiger partial charge in [-0.05, 0) is 114 Å². The summed E-state index contributed by atoms with van der Waals surface area (Å²) in [5, 5.41) is 0. The number of rotatable bonds is 1. The maximum absolute atomic E-state index is 12.7. The molecule has 0 heterocycles. The van der Waals surface area contributed by atoms with Crippen LogP contribution in [0.25, 0.3) is 0 Å². The number of Topliss-reactive ketones (excluding diaryl/α,β-unsaturated/α-hetero) is 1. The Morgan fingerprint density at radius 2 is 1.26 bits per heavy atom. The van der Waals surface area contributed by atoms with Crippen molar-refractivity contribution in [3.05, 3.63) is 0 Å². The zero-order chi connectivity index (χ0) is 22.6. The van der Waals surface area contributed by atoms with Crippen molar-refractivity contribution in [2.75, 3.05) is 0 Å². The summed E-state index contributed by atoms with van der Waals surface area (Å²) in [5.41, 5.74) is 2.20. The molecule has 1 heteroatoms. The summed E-state index contributed by atoms with van der Waals surface area (Å²) in [6.07, 6.45) is 13.3. The van der Waals surface area contributed by atoms with Gasteiger partial charge < -0.3 is 0 Å². The molecule has 0 saturated heterocycles. The van der Waals surface area contributed by atoms with Gasteiger partial charge in [0.05, 0.1) is 0 Å². The first kappa shape index (κ1) is 22.5. The average Bonchev–Trinajstić information content (AvgIpc) is 3.06. The molecule has 5 aliphatic carbocycles. The van der Waals surface area contributed by atoms with E-state index in [9.17, 15) is 4.79 Å². The van der Waals surface area contributed by atoms with Gasteiger partial charge in [-0.2, -0.15) is 0 Å². The van der Waals surface area contributed by atoms with E-state index in [1.807, 2.05) is 0 Å². The summed E-state index contributed by atoms with van der Waals surface area (Å²) in [6, 6.07) is 0. The molecule has 0 radical (unpaired) electrons. The fourth-order valence-corrected chi connectivity index (χ4v) is 11.9. The Balaban J connectivity index is 1.53. The molecule has 0 aliphatic heterocycles. The zero-order valence-electron chi connectivity index (χ0n) is 21.9. The molecular formula is C30H50O. The fourth-order valence-electron chi connectivity index (χ4n) is 11.9. The largest absolute Gasteiger partial charge is 0.299 e. The van der Waals surface area contributed by atoms with Crippen LogP contribution in [-0.4, -0.2) is 5.78 Å². The average molecular weight is 427 g/mol. The normalized spacial score (nSPS) is 59.0. The predicted octanol–water partition coefficient (Wildman–Crippen LogP) is 8.31. The molecule has 176 valence electrons. The number of carbonyl (C=O) groups excluding carboxylic acids is 1. The predicted molar refractivity (Wildman–Crippen MR) is 130 cm³/mol. The lowest BCUT2D eigenvalue weighted by atomic mass is 9.31. The van der Waals surface area contributed by atoms with Gasteiger partial charge in [-0.3, -0.25) is 4.79 Å². The minimum absolute atomic E-state index is 0.240. The van der Waals surface area contributed by atoms with E-state index in [2.05, 4.69) is 55.4 Å². The van der Waals surface area contributed by atoms with Crippen molar-refractivity contribution in [2.45, 2.75) is 120 Å². The lowest BCUT2D eigenvalue weighted by Gasteiger charge is -2.73. The Kier molecular flexibility index (Phi) is 4.80. The SMILES string of the molecule is CC(C)[C@H]1CC[C@@H]2[C@]1(C)CC[C@]1(C)[C@H]3CC[C@@]4(C)[C@@H](CCC(=O)[C@@H]4C)[C@]3(C)CC[C@@]21C. The highest BCUT2D eigenvalue weighted by molar-refractivity contribution is 5.82. The molecule has 0 N–H and O–H groups in total. The number of carbonyl (C=O) groups is 1. The van der Waals surface area contributed by atoms with Crippen LogP contribution in [0.4, 0.5) is 0 Å². The monoisotopic (exact) mass is 426 g/mol. The fraction of sp³-hybridized carbons (Fsp3) is 0.967. The van der Waals surface area contributed by atoms with Gasteiger partial charge in [-0.1, -0.05) is 55.4 Å². The maximum Gasteiger partial charge on any atom is 0.136 e. The Morgan fingerprint density at radius 1 is 0.677 bits per heavy atom. The highest BCUT2D eigenvalue weighted by Gasteiger charge is 2.71. The van der Waals surface area contributed by atoms with E-state index in [0.717, 1.165) is 42.4 Å². The van der Waals surface area contributed by atoms with Gasteiger partial charge in [-0.15, -0.1) is 0 Å². The number of hydrogen-bond acceptors (Lipinski definition) is 1. The second-order valence-corrected chi connectivity index (χ2v) is 14.7. The van der Waals surface area contributed by atoms with Crippen LogP contribution in [0.15, 0.2) is 0 Å². The molecule has 0 bridgehead atoms. The third-order valence-electron chi connectivity index (χ3n) is 13.9. The maximum atomic E-state index is 12.7. The summed E-state index contributed by atoms with van der Waals surface area (Å²) < 4.78 is 0. The van der Waals surface area contributed by atoms with Gasteiger partial charge in [0.2, 0.25) is 0 Å². The molecule has 0 unspecified atom stereocenters. The van der Waals surface area contributed by atoms with Gasteiger partial charge in [0.15, 0.2) is 0 Å². The third kappa shape index (κ3) is 2.53. The summed E-state index contributed by atoms with van der Waals surface area (Å²) in [7, 11) is 0. The van der Waals surface area contributed by atoms with Crippen LogP contribution >= 0.6 is 0 Å². The van der Waals surface area contributed by atoms with Gasteiger partial charge in [-0.25, -0.2) is 0 Å². The van der Waals surface area contributed by atoms with Crippen LogP contribution in [-0.2, 0) is 4.79 Å². The highest BCUT2D eigenvalue weighted by atomic mass is 16.1. The quantitative estimate of drug-likeness (QED) is 0.412. The van der Waals surface area contributed by atoms with Crippen LogP contribution in [0, 0.1) is 62.6 Å². The first-order valence-electron chi connectivity index (χ1n) is 13.9. The van der Waals surface area contributed by atoms with Crippen molar-refractivity contribution in [2.24, 2.45) is 62.6 Å². The van der Waals surface area contributed by atoms with E-state index in [1.165, 1.54) is 51.4 Å². The second-order valence-electron chi connectivity index (χ2n) is 14.7. The molecule has 5 saturated carbocycles. The highest BCUT2D eigenvalue weighted by Crippen LogP contribution is 2.78. The first-order chi connectivity index (χ1) is 14.3. The lowest BCUT2D eigenvalue weighted by molar-refractivity contribution is -0.245. The van der Waals surface area contributed by atoms with Gasteiger partial charge in [0, 0.05) is 12.3 Å². The molecule has 10 atom stereocenters. The number of ketones is 1. The Bertz CT molecular complexity index is 768. The minimum atomic E-state index is 0.240. The molecule has 31 heavy (non-hydrogen) atoms. The molecule has 5 fully saturated rings. The molecule has 1 nitrogen and oxygen atoms in total. The van der Waals surface area contributed by atoms with E-state index in [-0.39, 0.29) is 11.3 Å². The van der Waals surface area contributed by atoms with Crippen molar-refractivity contribution in [1.29, 1.82) is 0 Å². The van der Waals surface area contributed by atoms with Crippen molar-refractivity contribution in [1.82, 2.24) is 0 Å². The molecule has 0 spiro atoms. The van der Waals surface area contributed by atoms with Gasteiger partial charge in [0.1, 0.15) is 5.78 Å². The van der Waals surface area contributed by atoms with E-state index < -0.39 is 0 Å². The third-order valence-corrected chi connectivity index (χ3v) is 13.9. The van der Waals surface area contributed by atoms with Crippen molar-refractivity contribution >= 4 is 5.78 Å². The van der Waals surface area contributed by atoms with Crippen molar-refractivity contribution in [3.63, 3.8) is 0 Å². The van der Waals surface area contributed by atoms with Crippen LogP contribution < -0.4 is 0 Å². The molecular weight excluding hydrogens is 376 g/mol. The van der Waals surface area contributed by atoms with Crippen molar-refractivity contribution < 1.29 is 4.79 Å². The summed E-state index contributed by atoms with van der Waals surface area (Å²) in [6.45, 7) is 20.6. The van der Waals surface area contributed by atoms with Crippen molar-refractivity contribution in [3.8, 4) is 0 Å². The first-order valence-corrected chi connectivity index (χ1v) is 13.9. The smallest absolute Gasteiger partial charge is 0.136 e. The Labute approximate surface area is 192 Å². The van der Waals surface area contributed by atoms with Crippen LogP contribution in [0.5, 0.6) is 0 Å². The molecule has 5 aliphatic rings. The lowest BCUT2D eigenvalue weighted by Crippen LogP contribution is -2.66. The van der Waals surface area contributed by atoms with E-state index in [4.69, 9.17) is 0 Å². The Hall–Kier alpha value is -0.330. The molecule has 0 aromatic rings. The van der Waals surface area contributed by atoms with E-state index >= 15 is 0 Å². The number of hydrogen-bond donors (Lipinski definition) is 0. The number of fused-ring (bicyclic) bond motifs is 7. The topological polar surface area (TPSA) is 17.1 Å². The molecule has 0 aromatic heterocycles. The molecule has 0 amide bonds. The standard InChI is InChI=1S/C30H50O/c1-19(2)21-9-11-24-27(21,5)15-17-30(8)25-13-14-26(4)20(3)22(31)10-12-23(26)28(25,6)16-18-29(24,30)7/h19-21,23-25H,9-18H2,1-8H3/t20-,21+,23+,24+,25-,26+,27+,28-,29-,30+/m0/s1. The summed E-state index contributed by atoms with van der Waals surface area (Å²) in [5.74, 6) is 5.07. The van der Waals surface area contributed by atoms with Gasteiger partial charge >= 0.3 is 0 Å². The second kappa shape index (κ2) is 6.63. The zero-order valence-corrected chi connectivity index (χ0v) is 21.9.